The molecule has 3 N–H and O–H groups in total. The maximum absolute atomic E-state index is 13.9. The highest BCUT2D eigenvalue weighted by Gasteiger charge is 2.34. The Kier molecular flexibility index (Phi) is 10.5. The number of aromatic hydroxyl groups is 1. The van der Waals surface area contributed by atoms with Crippen LogP contribution in [0.1, 0.15) is 51.7 Å². The lowest BCUT2D eigenvalue weighted by atomic mass is 9.80. The summed E-state index contributed by atoms with van der Waals surface area (Å²) in [4.78, 5) is 8.14. The van der Waals surface area contributed by atoms with Gasteiger partial charge in [0.05, 0.1) is 12.3 Å². The fourth-order valence-electron chi connectivity index (χ4n) is 5.33. The minimum Gasteiger partial charge on any atom is -0.505 e. The van der Waals surface area contributed by atoms with Crippen LogP contribution >= 0.6 is 0 Å². The first kappa shape index (κ1) is 29.3. The number of likely N-dealkylation sites (tertiary alicyclic amines) is 1. The summed E-state index contributed by atoms with van der Waals surface area (Å²) >= 11 is 0. The summed E-state index contributed by atoms with van der Waals surface area (Å²) in [5.74, 6) is 0.620. The van der Waals surface area contributed by atoms with Crippen LogP contribution in [0, 0.1) is 17.7 Å². The van der Waals surface area contributed by atoms with E-state index in [1.807, 2.05) is 75.4 Å². The number of halogens is 1. The van der Waals surface area contributed by atoms with Gasteiger partial charge in [0.2, 0.25) is 0 Å². The van der Waals surface area contributed by atoms with Crippen LogP contribution in [0.15, 0.2) is 89.8 Å². The molecule has 1 aliphatic rings. The van der Waals surface area contributed by atoms with Gasteiger partial charge in [0, 0.05) is 6.54 Å². The van der Waals surface area contributed by atoms with E-state index in [9.17, 15) is 9.50 Å². The van der Waals surface area contributed by atoms with Gasteiger partial charge >= 0.3 is 0 Å². The molecule has 0 aliphatic carbocycles. The summed E-state index contributed by atoms with van der Waals surface area (Å²) in [5.41, 5.74) is 9.48. The molecule has 0 bridgehead atoms. The number of hydrogen-bond donors (Lipinski definition) is 2. The molecule has 3 unspecified atom stereocenters. The van der Waals surface area contributed by atoms with Gasteiger partial charge in [-0.2, -0.15) is 0 Å². The molecule has 1 heterocycles. The highest BCUT2D eigenvalue weighted by Crippen LogP contribution is 2.31. The summed E-state index contributed by atoms with van der Waals surface area (Å²) in [6.45, 7) is 14.6. The third-order valence-electron chi connectivity index (χ3n) is 7.68. The summed E-state index contributed by atoms with van der Waals surface area (Å²) in [7, 11) is 0. The molecule has 1 fully saturated rings. The zero-order valence-corrected chi connectivity index (χ0v) is 23.2. The number of allylic oxidation sites excluding steroid dienone is 3. The molecule has 0 saturated carbocycles. The Morgan fingerprint density at radius 3 is 2.63 bits per heavy atom. The van der Waals surface area contributed by atoms with Gasteiger partial charge in [0.15, 0.2) is 11.6 Å². The standard InChI is InChI=1S/C32H42FN3O2/c1-6-8-12-23(3)32(34,29-13-10-9-11-14-29)25(5)35-38-24(4)21-36-18-17-27(7-2)28(22-36)19-26-15-16-31(37)30(33)20-26/h6,8-16,20,27-28,37H,4,7,17-19,21-22,34H2,1-3,5H3/b8-6-,23-12+,35-25+. The lowest BCUT2D eigenvalue weighted by molar-refractivity contribution is 0.101. The number of rotatable bonds is 11. The second-order valence-electron chi connectivity index (χ2n) is 10.3. The van der Waals surface area contributed by atoms with E-state index in [-0.39, 0.29) is 5.75 Å². The number of nitrogens with two attached hydrogens (primary N) is 1. The lowest BCUT2D eigenvalue weighted by Crippen LogP contribution is -2.45. The van der Waals surface area contributed by atoms with Crippen molar-refractivity contribution in [3.63, 3.8) is 0 Å². The monoisotopic (exact) mass is 519 g/mol. The molecule has 6 heteroatoms. The molecule has 1 aliphatic heterocycles. The minimum absolute atomic E-state index is 0.309. The van der Waals surface area contributed by atoms with E-state index < -0.39 is 11.4 Å². The fraction of sp³-hybridized carbons (Fsp3) is 0.406. The lowest BCUT2D eigenvalue weighted by Gasteiger charge is -2.38. The van der Waals surface area contributed by atoms with Gasteiger partial charge in [-0.15, -0.1) is 0 Å². The molecule has 1 saturated heterocycles. The normalized spacial score (nSPS) is 20.9. The number of oxime groups is 1. The summed E-state index contributed by atoms with van der Waals surface area (Å²) in [6.07, 6.45) is 8.84. The van der Waals surface area contributed by atoms with E-state index in [1.165, 1.54) is 12.1 Å². The van der Waals surface area contributed by atoms with Gasteiger partial charge in [0.25, 0.3) is 0 Å². The zero-order chi connectivity index (χ0) is 27.7. The predicted octanol–water partition coefficient (Wildman–Crippen LogP) is 6.70. The van der Waals surface area contributed by atoms with Crippen molar-refractivity contribution in [3.8, 4) is 5.75 Å². The molecule has 0 spiro atoms. The zero-order valence-electron chi connectivity index (χ0n) is 23.2. The van der Waals surface area contributed by atoms with Gasteiger partial charge in [-0.1, -0.05) is 79.7 Å². The quantitative estimate of drug-likeness (QED) is 0.150. The Morgan fingerprint density at radius 2 is 1.97 bits per heavy atom. The van der Waals surface area contributed by atoms with Gasteiger partial charge in [-0.3, -0.25) is 4.90 Å². The molecule has 3 rings (SSSR count). The van der Waals surface area contributed by atoms with Gasteiger partial charge < -0.3 is 15.7 Å². The minimum atomic E-state index is -0.912. The molecular weight excluding hydrogens is 477 g/mol. The number of benzene rings is 2. The Labute approximate surface area is 227 Å². The maximum atomic E-state index is 13.9. The summed E-state index contributed by atoms with van der Waals surface area (Å²) in [6, 6.07) is 14.6. The number of hydrogen-bond acceptors (Lipinski definition) is 5. The molecule has 2 aromatic carbocycles. The third kappa shape index (κ3) is 7.21. The van der Waals surface area contributed by atoms with Crippen LogP contribution in [-0.4, -0.2) is 35.4 Å². The van der Waals surface area contributed by atoms with Crippen molar-refractivity contribution >= 4 is 5.71 Å². The predicted molar refractivity (Wildman–Crippen MR) is 154 cm³/mol. The van der Waals surface area contributed by atoms with Crippen molar-refractivity contribution in [2.75, 3.05) is 19.6 Å². The van der Waals surface area contributed by atoms with Gasteiger partial charge in [-0.05, 0) is 80.8 Å². The summed E-state index contributed by atoms with van der Waals surface area (Å²) in [5, 5.41) is 14.0. The SMILES string of the molecule is C=C(CN1CCC(CC)C(Cc2ccc(O)c(F)c2)C1)O/N=C(\C)C(N)(/C(C)=C/C=C\C)c1ccccc1. The second-order valence-corrected chi connectivity index (χ2v) is 10.3. The molecule has 0 radical (unpaired) electrons. The van der Waals surface area contributed by atoms with Crippen molar-refractivity contribution in [2.45, 2.75) is 52.5 Å². The van der Waals surface area contributed by atoms with Crippen LogP contribution in [0.3, 0.4) is 0 Å². The average Bonchev–Trinajstić information content (AvgIpc) is 2.92. The smallest absolute Gasteiger partial charge is 0.165 e. The molecule has 38 heavy (non-hydrogen) atoms. The van der Waals surface area contributed by atoms with Crippen molar-refractivity contribution in [1.29, 1.82) is 0 Å². The van der Waals surface area contributed by atoms with Crippen LogP contribution in [0.5, 0.6) is 5.75 Å². The number of phenols is 1. The third-order valence-corrected chi connectivity index (χ3v) is 7.68. The van der Waals surface area contributed by atoms with E-state index in [2.05, 4.69) is 23.6 Å². The number of piperidine rings is 1. The van der Waals surface area contributed by atoms with Crippen molar-refractivity contribution in [2.24, 2.45) is 22.7 Å². The fourth-order valence-corrected chi connectivity index (χ4v) is 5.33. The largest absolute Gasteiger partial charge is 0.505 e. The van der Waals surface area contributed by atoms with Crippen LogP contribution in [0.2, 0.25) is 0 Å². The number of nitrogens with zero attached hydrogens (tertiary/aromatic N) is 2. The van der Waals surface area contributed by atoms with E-state index in [0.717, 1.165) is 49.1 Å². The first-order valence-electron chi connectivity index (χ1n) is 13.4. The molecule has 204 valence electrons. The van der Waals surface area contributed by atoms with Crippen LogP contribution in [0.25, 0.3) is 0 Å². The molecule has 3 atom stereocenters. The molecule has 0 aromatic heterocycles. The van der Waals surface area contributed by atoms with Crippen LogP contribution < -0.4 is 5.73 Å². The van der Waals surface area contributed by atoms with E-state index in [1.54, 1.807) is 0 Å². The van der Waals surface area contributed by atoms with Crippen molar-refractivity contribution in [3.05, 3.63) is 102 Å². The van der Waals surface area contributed by atoms with Crippen LogP contribution in [0.4, 0.5) is 4.39 Å². The average molecular weight is 520 g/mol. The first-order valence-corrected chi connectivity index (χ1v) is 13.4. The number of phenolic OH excluding ortho intramolecular Hbond substituents is 1. The molecule has 5 nitrogen and oxygen atoms in total. The Hall–Kier alpha value is -3.22. The van der Waals surface area contributed by atoms with Gasteiger partial charge in [-0.25, -0.2) is 4.39 Å². The first-order chi connectivity index (χ1) is 18.2. The Bertz CT molecular complexity index is 1170. The van der Waals surface area contributed by atoms with Crippen molar-refractivity contribution in [1.82, 2.24) is 4.90 Å². The maximum Gasteiger partial charge on any atom is 0.165 e. The van der Waals surface area contributed by atoms with Crippen LogP contribution in [-0.2, 0) is 16.8 Å². The Balaban J connectivity index is 1.69. The molecule has 0 amide bonds. The van der Waals surface area contributed by atoms with E-state index in [0.29, 0.717) is 29.9 Å². The highest BCUT2D eigenvalue weighted by molar-refractivity contribution is 5.95. The summed E-state index contributed by atoms with van der Waals surface area (Å²) < 4.78 is 13.9. The topological polar surface area (TPSA) is 71.1 Å². The van der Waals surface area contributed by atoms with Crippen molar-refractivity contribution < 1.29 is 14.3 Å². The molecular formula is C32H42FN3O2. The molecule has 2 aromatic rings. The van der Waals surface area contributed by atoms with Gasteiger partial charge in [0.1, 0.15) is 11.3 Å². The van der Waals surface area contributed by atoms with E-state index >= 15 is 0 Å². The Morgan fingerprint density at radius 1 is 1.24 bits per heavy atom. The van der Waals surface area contributed by atoms with E-state index in [4.69, 9.17) is 10.6 Å². The second kappa shape index (κ2) is 13.5. The highest BCUT2D eigenvalue weighted by atomic mass is 19.1.